The summed E-state index contributed by atoms with van der Waals surface area (Å²) < 4.78 is 19.9. The zero-order chi connectivity index (χ0) is 22.1. The van der Waals surface area contributed by atoms with Crippen molar-refractivity contribution < 1.29 is 38.1 Å². The third-order valence-corrected chi connectivity index (χ3v) is 4.75. The van der Waals surface area contributed by atoms with Crippen molar-refractivity contribution in [3.05, 3.63) is 23.8 Å². The minimum atomic E-state index is -0.740. The molecule has 2 amide bonds. The second-order valence-electron chi connectivity index (χ2n) is 6.62. The number of rotatable bonds is 8. The maximum absolute atomic E-state index is 12.2. The van der Waals surface area contributed by atoms with Crippen LogP contribution in [0.4, 0.5) is 0 Å². The summed E-state index contributed by atoms with van der Waals surface area (Å²) in [5, 5.41) is 2.43. The number of carbonyl (C=O) groups is 4. The van der Waals surface area contributed by atoms with E-state index in [0.717, 1.165) is 0 Å². The van der Waals surface area contributed by atoms with Gasteiger partial charge in [0.15, 0.2) is 6.61 Å². The Labute approximate surface area is 174 Å². The molecule has 0 unspecified atom stereocenters. The van der Waals surface area contributed by atoms with Crippen molar-refractivity contribution in [3.8, 4) is 11.5 Å². The van der Waals surface area contributed by atoms with E-state index in [-0.39, 0.29) is 23.4 Å². The van der Waals surface area contributed by atoms with E-state index < -0.39 is 25.0 Å². The summed E-state index contributed by atoms with van der Waals surface area (Å²) in [6.07, 6.45) is 1.01. The minimum Gasteiger partial charge on any atom is -0.497 e. The fourth-order valence-corrected chi connectivity index (χ4v) is 3.01. The SMILES string of the molecule is COC(=O)C1CCN(C(=O)COC(=O)CNC(=O)c2cc(OC)cc(OC)c2)CC1. The zero-order valence-corrected chi connectivity index (χ0v) is 17.3. The van der Waals surface area contributed by atoms with Crippen LogP contribution in [0.2, 0.25) is 0 Å². The lowest BCUT2D eigenvalue weighted by Crippen LogP contribution is -2.42. The van der Waals surface area contributed by atoms with Crippen LogP contribution in [0.5, 0.6) is 11.5 Å². The molecule has 1 N–H and O–H groups in total. The number of hydrogen-bond acceptors (Lipinski definition) is 8. The first-order chi connectivity index (χ1) is 14.4. The van der Waals surface area contributed by atoms with Gasteiger partial charge in [0.1, 0.15) is 18.0 Å². The Hall–Kier alpha value is -3.30. The molecule has 1 fully saturated rings. The fourth-order valence-electron chi connectivity index (χ4n) is 3.01. The number of nitrogens with one attached hydrogen (secondary N) is 1. The Kier molecular flexibility index (Phi) is 8.45. The molecule has 0 radical (unpaired) electrons. The lowest BCUT2D eigenvalue weighted by molar-refractivity contribution is -0.153. The summed E-state index contributed by atoms with van der Waals surface area (Å²) in [7, 11) is 4.26. The van der Waals surface area contributed by atoms with Gasteiger partial charge in [0.05, 0.1) is 27.2 Å². The van der Waals surface area contributed by atoms with Crippen molar-refractivity contribution in [3.63, 3.8) is 0 Å². The standard InChI is InChI=1S/C20H26N2O8/c1-27-15-8-14(9-16(10-15)28-2)19(25)21-11-18(24)30-12-17(23)22-6-4-13(5-7-22)20(26)29-3/h8-10,13H,4-7,11-12H2,1-3H3,(H,21,25). The topological polar surface area (TPSA) is 120 Å². The van der Waals surface area contributed by atoms with Crippen LogP contribution in [0.15, 0.2) is 18.2 Å². The molecule has 10 nitrogen and oxygen atoms in total. The Morgan fingerprint density at radius 2 is 1.60 bits per heavy atom. The number of esters is 2. The maximum Gasteiger partial charge on any atom is 0.325 e. The number of nitrogens with zero attached hydrogens (tertiary/aromatic N) is 1. The number of carbonyl (C=O) groups excluding carboxylic acids is 4. The van der Waals surface area contributed by atoms with E-state index in [4.69, 9.17) is 18.9 Å². The molecule has 0 bridgehead atoms. The van der Waals surface area contributed by atoms with Crippen LogP contribution in [0.25, 0.3) is 0 Å². The summed E-state index contributed by atoms with van der Waals surface area (Å²) in [5.74, 6) is -1.23. The van der Waals surface area contributed by atoms with Gasteiger partial charge in [0.2, 0.25) is 0 Å². The lowest BCUT2D eigenvalue weighted by Gasteiger charge is -2.30. The van der Waals surface area contributed by atoms with Crippen molar-refractivity contribution in [1.82, 2.24) is 10.2 Å². The summed E-state index contributed by atoms with van der Waals surface area (Å²) in [4.78, 5) is 49.3. The van der Waals surface area contributed by atoms with E-state index in [1.54, 1.807) is 6.07 Å². The van der Waals surface area contributed by atoms with Crippen LogP contribution < -0.4 is 14.8 Å². The molecule has 0 atom stereocenters. The number of benzene rings is 1. The quantitative estimate of drug-likeness (QED) is 0.598. The second-order valence-corrected chi connectivity index (χ2v) is 6.62. The van der Waals surface area contributed by atoms with Crippen molar-refractivity contribution in [2.75, 3.05) is 47.6 Å². The largest absolute Gasteiger partial charge is 0.497 e. The van der Waals surface area contributed by atoms with Gasteiger partial charge in [0, 0.05) is 24.7 Å². The van der Waals surface area contributed by atoms with Crippen LogP contribution in [0.1, 0.15) is 23.2 Å². The molecule has 1 aromatic rings. The van der Waals surface area contributed by atoms with Gasteiger partial charge in [-0.1, -0.05) is 0 Å². The second kappa shape index (κ2) is 11.0. The summed E-state index contributed by atoms with van der Waals surface area (Å²) >= 11 is 0. The maximum atomic E-state index is 12.2. The van der Waals surface area contributed by atoms with Gasteiger partial charge >= 0.3 is 11.9 Å². The zero-order valence-electron chi connectivity index (χ0n) is 17.3. The third kappa shape index (κ3) is 6.36. The predicted octanol–water partition coefficient (Wildman–Crippen LogP) is 0.388. The van der Waals surface area contributed by atoms with Gasteiger partial charge in [-0.25, -0.2) is 0 Å². The smallest absolute Gasteiger partial charge is 0.325 e. The molecule has 0 spiro atoms. The molecule has 30 heavy (non-hydrogen) atoms. The number of likely N-dealkylation sites (tertiary alicyclic amines) is 1. The predicted molar refractivity (Wildman–Crippen MR) is 104 cm³/mol. The Bertz CT molecular complexity index is 765. The molecular formula is C20H26N2O8. The van der Waals surface area contributed by atoms with E-state index in [1.807, 2.05) is 0 Å². The summed E-state index contributed by atoms with van der Waals surface area (Å²) in [6, 6.07) is 4.62. The molecular weight excluding hydrogens is 396 g/mol. The van der Waals surface area contributed by atoms with Crippen molar-refractivity contribution in [2.45, 2.75) is 12.8 Å². The third-order valence-electron chi connectivity index (χ3n) is 4.75. The van der Waals surface area contributed by atoms with E-state index in [2.05, 4.69) is 5.32 Å². The van der Waals surface area contributed by atoms with Crippen molar-refractivity contribution >= 4 is 23.8 Å². The number of piperidine rings is 1. The molecule has 1 aromatic carbocycles. The average molecular weight is 422 g/mol. The fraction of sp³-hybridized carbons (Fsp3) is 0.500. The highest BCUT2D eigenvalue weighted by molar-refractivity contribution is 5.96. The number of hydrogen-bond donors (Lipinski definition) is 1. The van der Waals surface area contributed by atoms with Crippen LogP contribution in [0, 0.1) is 5.92 Å². The normalized spacial score (nSPS) is 13.9. The molecule has 2 rings (SSSR count). The average Bonchev–Trinajstić information content (AvgIpc) is 2.79. The first-order valence-electron chi connectivity index (χ1n) is 9.40. The lowest BCUT2D eigenvalue weighted by atomic mass is 9.97. The molecule has 1 aliphatic heterocycles. The number of ether oxygens (including phenoxy) is 4. The molecule has 0 aliphatic carbocycles. The highest BCUT2D eigenvalue weighted by Crippen LogP contribution is 2.22. The molecule has 0 saturated carbocycles. The monoisotopic (exact) mass is 422 g/mol. The van der Waals surface area contributed by atoms with Crippen molar-refractivity contribution in [2.24, 2.45) is 5.92 Å². The Morgan fingerprint density at radius 1 is 1.00 bits per heavy atom. The van der Waals surface area contributed by atoms with Gasteiger partial charge in [-0.3, -0.25) is 19.2 Å². The van der Waals surface area contributed by atoms with E-state index in [1.165, 1.54) is 38.4 Å². The Balaban J connectivity index is 1.75. The molecule has 1 saturated heterocycles. The Morgan fingerprint density at radius 3 is 2.13 bits per heavy atom. The van der Waals surface area contributed by atoms with Gasteiger partial charge in [-0.05, 0) is 25.0 Å². The molecule has 1 aliphatic rings. The summed E-state index contributed by atoms with van der Waals surface area (Å²) in [5.41, 5.74) is 0.253. The van der Waals surface area contributed by atoms with Gasteiger partial charge in [-0.15, -0.1) is 0 Å². The highest BCUT2D eigenvalue weighted by Gasteiger charge is 2.28. The van der Waals surface area contributed by atoms with Gasteiger partial charge in [-0.2, -0.15) is 0 Å². The highest BCUT2D eigenvalue weighted by atomic mass is 16.5. The van der Waals surface area contributed by atoms with Crippen LogP contribution in [-0.2, 0) is 23.9 Å². The van der Waals surface area contributed by atoms with E-state index >= 15 is 0 Å². The molecule has 164 valence electrons. The van der Waals surface area contributed by atoms with Gasteiger partial charge < -0.3 is 29.2 Å². The van der Waals surface area contributed by atoms with E-state index in [0.29, 0.717) is 37.4 Å². The molecule has 1 heterocycles. The van der Waals surface area contributed by atoms with Crippen LogP contribution in [0.3, 0.4) is 0 Å². The number of methoxy groups -OCH3 is 3. The number of amides is 2. The van der Waals surface area contributed by atoms with Crippen LogP contribution >= 0.6 is 0 Å². The minimum absolute atomic E-state index is 0.216. The van der Waals surface area contributed by atoms with E-state index in [9.17, 15) is 19.2 Å². The first-order valence-corrected chi connectivity index (χ1v) is 9.40. The molecule has 0 aromatic heterocycles. The van der Waals surface area contributed by atoms with Crippen molar-refractivity contribution in [1.29, 1.82) is 0 Å². The first kappa shape index (κ1) is 23.0. The summed E-state index contributed by atoms with van der Waals surface area (Å²) in [6.45, 7) is -0.0320. The van der Waals surface area contributed by atoms with Crippen LogP contribution in [-0.4, -0.2) is 76.2 Å². The molecule has 10 heteroatoms. The van der Waals surface area contributed by atoms with Gasteiger partial charge in [0.25, 0.3) is 11.8 Å².